The summed E-state index contributed by atoms with van der Waals surface area (Å²) < 4.78 is 17.2. The molecule has 0 saturated carbocycles. The fraction of sp³-hybridized carbons (Fsp3) is 0.520. The summed E-state index contributed by atoms with van der Waals surface area (Å²) in [7, 11) is 3.28. The second-order valence-corrected chi connectivity index (χ2v) is 8.37. The number of aromatic nitrogens is 1. The summed E-state index contributed by atoms with van der Waals surface area (Å²) >= 11 is 0. The average Bonchev–Trinajstić information content (AvgIpc) is 3.01. The van der Waals surface area contributed by atoms with Crippen LogP contribution in [0.3, 0.4) is 0 Å². The second kappa shape index (κ2) is 12.1. The molecule has 2 aromatic rings. The first-order valence-corrected chi connectivity index (χ1v) is 11.1. The largest absolute Gasteiger partial charge is 0.495 e. The normalized spacial score (nSPS) is 16.8. The van der Waals surface area contributed by atoms with Gasteiger partial charge in [0.1, 0.15) is 5.69 Å². The number of anilines is 1. The maximum Gasteiger partial charge on any atom is 0.495 e. The van der Waals surface area contributed by atoms with E-state index in [4.69, 9.17) is 14.0 Å². The van der Waals surface area contributed by atoms with Crippen molar-refractivity contribution in [1.29, 1.82) is 0 Å². The summed E-state index contributed by atoms with van der Waals surface area (Å²) in [5.74, 6) is 0. The minimum Gasteiger partial charge on any atom is -0.399 e. The third-order valence-electron chi connectivity index (χ3n) is 5.91. The smallest absolute Gasteiger partial charge is 0.399 e. The Labute approximate surface area is 194 Å². The number of hydrogen-bond donors (Lipinski definition) is 1. The van der Waals surface area contributed by atoms with Crippen molar-refractivity contribution >= 4 is 24.6 Å². The van der Waals surface area contributed by atoms with Gasteiger partial charge in [-0.05, 0) is 70.3 Å². The fourth-order valence-electron chi connectivity index (χ4n) is 3.01. The van der Waals surface area contributed by atoms with Crippen LogP contribution in [0, 0.1) is 6.92 Å². The summed E-state index contributed by atoms with van der Waals surface area (Å²) in [6, 6.07) is 9.67. The van der Waals surface area contributed by atoms with Crippen LogP contribution in [-0.2, 0) is 14.0 Å². The zero-order valence-corrected chi connectivity index (χ0v) is 21.3. The van der Waals surface area contributed by atoms with Gasteiger partial charge in [0.2, 0.25) is 0 Å². The molecular weight excluding hydrogens is 403 g/mol. The number of hydrogen-bond acceptors (Lipinski definition) is 6. The van der Waals surface area contributed by atoms with Crippen LogP contribution >= 0.6 is 0 Å². The van der Waals surface area contributed by atoms with Crippen LogP contribution in [0.4, 0.5) is 5.69 Å². The number of carbonyl (C=O) groups excluding carboxylic acids is 1. The Morgan fingerprint density at radius 2 is 1.69 bits per heavy atom. The van der Waals surface area contributed by atoms with Gasteiger partial charge < -0.3 is 19.4 Å². The van der Waals surface area contributed by atoms with Gasteiger partial charge in [0.25, 0.3) is 0 Å². The average molecular weight is 442 g/mol. The minimum absolute atomic E-state index is 0.0261. The van der Waals surface area contributed by atoms with Gasteiger partial charge in [-0.25, -0.2) is 0 Å². The van der Waals surface area contributed by atoms with E-state index in [1.54, 1.807) is 19.4 Å². The Hall–Kier alpha value is -2.22. The summed E-state index contributed by atoms with van der Waals surface area (Å²) in [5.41, 5.74) is 4.23. The molecule has 176 valence electrons. The summed E-state index contributed by atoms with van der Waals surface area (Å²) in [5, 5.41) is 3.19. The van der Waals surface area contributed by atoms with Crippen LogP contribution in [0.15, 0.2) is 36.5 Å². The van der Waals surface area contributed by atoms with E-state index in [2.05, 4.69) is 57.1 Å². The lowest BCUT2D eigenvalue weighted by atomic mass is 9.76. The third-order valence-corrected chi connectivity index (χ3v) is 5.91. The van der Waals surface area contributed by atoms with E-state index in [0.29, 0.717) is 5.69 Å². The number of benzene rings is 1. The Morgan fingerprint density at radius 1 is 1.09 bits per heavy atom. The number of rotatable bonds is 5. The van der Waals surface area contributed by atoms with Crippen LogP contribution in [0.25, 0.3) is 0 Å². The Bertz CT molecular complexity index is 838. The molecule has 0 bridgehead atoms. The second-order valence-electron chi connectivity index (χ2n) is 8.37. The monoisotopic (exact) mass is 442 g/mol. The molecule has 1 N–H and O–H groups in total. The van der Waals surface area contributed by atoms with Crippen molar-refractivity contribution in [3.63, 3.8) is 0 Å². The predicted octanol–water partition coefficient (Wildman–Crippen LogP) is 4.96. The predicted molar refractivity (Wildman–Crippen MR) is 133 cm³/mol. The van der Waals surface area contributed by atoms with E-state index in [1.165, 1.54) is 5.56 Å². The van der Waals surface area contributed by atoms with Crippen molar-refractivity contribution < 1.29 is 18.8 Å². The molecule has 2 heterocycles. The molecule has 0 spiro atoms. The summed E-state index contributed by atoms with van der Waals surface area (Å²) in [6.45, 7) is 16.3. The SMILES string of the molecule is CC.CNc1cccc(B2OC(C)(C)C(C)(C)O2)c1C.COC(C)c1ccc(C=O)nc1. The van der Waals surface area contributed by atoms with E-state index in [-0.39, 0.29) is 24.4 Å². The molecule has 0 aliphatic carbocycles. The first-order valence-electron chi connectivity index (χ1n) is 11.1. The van der Waals surface area contributed by atoms with E-state index in [9.17, 15) is 4.79 Å². The van der Waals surface area contributed by atoms with Gasteiger partial charge in [-0.2, -0.15) is 0 Å². The standard InChI is InChI=1S/C14H22BNO2.C9H11NO2.C2H6/c1-10-11(8-7-9-12(10)16-6)15-17-13(2,3)14(4,5)18-15;1-7(12-2)8-3-4-9(6-11)10-5-8;1-2/h7-9,16H,1-6H3;3-7H,1-2H3;1-2H3. The maximum absolute atomic E-state index is 10.3. The molecule has 1 saturated heterocycles. The minimum atomic E-state index is -0.292. The molecule has 7 heteroatoms. The Morgan fingerprint density at radius 3 is 2.12 bits per heavy atom. The number of nitrogens with zero attached hydrogens (tertiary/aromatic N) is 1. The lowest BCUT2D eigenvalue weighted by Gasteiger charge is -2.32. The van der Waals surface area contributed by atoms with Gasteiger partial charge in [-0.1, -0.05) is 32.0 Å². The first-order chi connectivity index (χ1) is 15.1. The molecule has 1 aliphatic heterocycles. The van der Waals surface area contributed by atoms with Gasteiger partial charge in [-0.3, -0.25) is 9.78 Å². The van der Waals surface area contributed by atoms with E-state index >= 15 is 0 Å². The molecule has 1 aromatic carbocycles. The number of carbonyl (C=O) groups is 1. The van der Waals surface area contributed by atoms with Crippen molar-refractivity contribution in [3.8, 4) is 0 Å². The Kier molecular flexibility index (Phi) is 10.6. The number of pyridine rings is 1. The van der Waals surface area contributed by atoms with Crippen LogP contribution in [0.2, 0.25) is 0 Å². The van der Waals surface area contributed by atoms with Crippen molar-refractivity contribution in [2.45, 2.75) is 72.7 Å². The highest BCUT2D eigenvalue weighted by Gasteiger charge is 2.52. The lowest BCUT2D eigenvalue weighted by Crippen LogP contribution is -2.41. The zero-order chi connectivity index (χ0) is 24.5. The molecule has 0 amide bonds. The Balaban J connectivity index is 0.000000318. The van der Waals surface area contributed by atoms with Crippen LogP contribution < -0.4 is 10.8 Å². The number of ether oxygens (including phenoxy) is 1. The van der Waals surface area contributed by atoms with E-state index < -0.39 is 0 Å². The molecule has 0 radical (unpaired) electrons. The molecule has 6 nitrogen and oxygen atoms in total. The van der Waals surface area contributed by atoms with Crippen LogP contribution in [0.1, 0.15) is 76.2 Å². The molecule has 3 rings (SSSR count). The van der Waals surface area contributed by atoms with Crippen molar-refractivity contribution in [1.82, 2.24) is 4.98 Å². The van der Waals surface area contributed by atoms with E-state index in [1.807, 2.05) is 40.0 Å². The van der Waals surface area contributed by atoms with Gasteiger partial charge in [0.15, 0.2) is 6.29 Å². The molecule has 1 unspecified atom stereocenters. The number of nitrogens with one attached hydrogen (secondary N) is 1. The molecule has 1 aliphatic rings. The first kappa shape index (κ1) is 27.8. The maximum atomic E-state index is 10.3. The molecular formula is C25H39BN2O4. The molecule has 1 atom stereocenters. The van der Waals surface area contributed by atoms with Crippen molar-refractivity contribution in [2.75, 3.05) is 19.5 Å². The summed E-state index contributed by atoms with van der Waals surface area (Å²) in [6.07, 6.45) is 2.40. The van der Waals surface area contributed by atoms with Gasteiger partial charge >= 0.3 is 7.12 Å². The van der Waals surface area contributed by atoms with Crippen LogP contribution in [0.5, 0.6) is 0 Å². The quantitative estimate of drug-likeness (QED) is 0.521. The van der Waals surface area contributed by atoms with Gasteiger partial charge in [0, 0.05) is 26.0 Å². The van der Waals surface area contributed by atoms with Gasteiger partial charge in [-0.15, -0.1) is 0 Å². The van der Waals surface area contributed by atoms with Gasteiger partial charge in [0.05, 0.1) is 17.3 Å². The van der Waals surface area contributed by atoms with Crippen molar-refractivity contribution in [3.05, 3.63) is 53.3 Å². The molecule has 1 fully saturated rings. The highest BCUT2D eigenvalue weighted by Crippen LogP contribution is 2.36. The summed E-state index contributed by atoms with van der Waals surface area (Å²) in [4.78, 5) is 14.2. The number of aldehydes is 1. The van der Waals surface area contributed by atoms with Crippen molar-refractivity contribution in [2.24, 2.45) is 0 Å². The van der Waals surface area contributed by atoms with E-state index in [0.717, 1.165) is 23.0 Å². The number of methoxy groups -OCH3 is 1. The topological polar surface area (TPSA) is 69.7 Å². The van der Waals surface area contributed by atoms with Crippen LogP contribution in [-0.4, -0.2) is 43.7 Å². The molecule has 32 heavy (non-hydrogen) atoms. The lowest BCUT2D eigenvalue weighted by molar-refractivity contribution is 0.00578. The highest BCUT2D eigenvalue weighted by molar-refractivity contribution is 6.62. The zero-order valence-electron chi connectivity index (χ0n) is 21.3. The third kappa shape index (κ3) is 6.64. The molecule has 1 aromatic heterocycles. The highest BCUT2D eigenvalue weighted by atomic mass is 16.7. The fourth-order valence-corrected chi connectivity index (χ4v) is 3.01.